The normalized spacial score (nSPS) is 11.5. The number of halogens is 1. The fourth-order valence-electron chi connectivity index (χ4n) is 2.13. The highest BCUT2D eigenvalue weighted by atomic mass is 35.5. The number of rotatable bonds is 6. The molecule has 0 saturated heterocycles. The van der Waals surface area contributed by atoms with Crippen LogP contribution in [-0.2, 0) is 16.0 Å². The Kier molecular flexibility index (Phi) is 6.30. The van der Waals surface area contributed by atoms with Crippen molar-refractivity contribution in [2.24, 2.45) is 0 Å². The van der Waals surface area contributed by atoms with Gasteiger partial charge in [0.05, 0.1) is 15.5 Å². The van der Waals surface area contributed by atoms with Crippen LogP contribution in [-0.4, -0.2) is 22.9 Å². The van der Waals surface area contributed by atoms with Gasteiger partial charge in [0.1, 0.15) is 0 Å². The minimum atomic E-state index is -1.11. The van der Waals surface area contributed by atoms with E-state index in [-0.39, 0.29) is 16.3 Å². The quantitative estimate of drug-likeness (QED) is 0.466. The van der Waals surface area contributed by atoms with Crippen molar-refractivity contribution >= 4 is 34.9 Å². The summed E-state index contributed by atoms with van der Waals surface area (Å²) in [6.07, 6.45) is -0.227. The van der Waals surface area contributed by atoms with Gasteiger partial charge in [-0.1, -0.05) is 30.7 Å². The van der Waals surface area contributed by atoms with Crippen LogP contribution < -0.4 is 5.32 Å². The maximum absolute atomic E-state index is 12.2. The van der Waals surface area contributed by atoms with Crippen molar-refractivity contribution in [1.29, 1.82) is 0 Å². The van der Waals surface area contributed by atoms with Crippen LogP contribution in [0.25, 0.3) is 0 Å². The van der Waals surface area contributed by atoms with Gasteiger partial charge in [0.2, 0.25) is 0 Å². The van der Waals surface area contributed by atoms with Crippen LogP contribution in [0.15, 0.2) is 42.5 Å². The molecule has 0 heterocycles. The van der Waals surface area contributed by atoms with E-state index < -0.39 is 22.9 Å². The number of aryl methyl sites for hydroxylation is 1. The van der Waals surface area contributed by atoms with Crippen LogP contribution in [0.3, 0.4) is 0 Å². The SMILES string of the molecule is CCc1ccc(NC(=O)[C@@H](C)OC(=O)c2cc([N+](=O)[O-])ccc2Cl)cc1. The molecule has 2 aromatic rings. The molecular weight excluding hydrogens is 360 g/mol. The van der Waals surface area contributed by atoms with E-state index in [9.17, 15) is 19.7 Å². The van der Waals surface area contributed by atoms with Crippen molar-refractivity contribution < 1.29 is 19.2 Å². The molecule has 7 nitrogen and oxygen atoms in total. The molecule has 1 N–H and O–H groups in total. The molecule has 0 fully saturated rings. The molecule has 0 radical (unpaired) electrons. The zero-order chi connectivity index (χ0) is 19.3. The average Bonchev–Trinajstić information content (AvgIpc) is 2.62. The zero-order valence-corrected chi connectivity index (χ0v) is 14.9. The first-order valence-corrected chi connectivity index (χ1v) is 8.24. The van der Waals surface area contributed by atoms with E-state index in [1.807, 2.05) is 19.1 Å². The summed E-state index contributed by atoms with van der Waals surface area (Å²) >= 11 is 5.89. The highest BCUT2D eigenvalue weighted by molar-refractivity contribution is 6.33. The largest absolute Gasteiger partial charge is 0.449 e. The van der Waals surface area contributed by atoms with Gasteiger partial charge in [0.25, 0.3) is 11.6 Å². The minimum Gasteiger partial charge on any atom is -0.449 e. The van der Waals surface area contributed by atoms with E-state index in [4.69, 9.17) is 16.3 Å². The number of nitrogens with one attached hydrogen (secondary N) is 1. The van der Waals surface area contributed by atoms with Gasteiger partial charge >= 0.3 is 5.97 Å². The fraction of sp³-hybridized carbons (Fsp3) is 0.222. The van der Waals surface area contributed by atoms with Crippen molar-refractivity contribution in [3.63, 3.8) is 0 Å². The molecule has 0 aliphatic heterocycles. The molecule has 136 valence electrons. The van der Waals surface area contributed by atoms with Crippen LogP contribution in [0.5, 0.6) is 0 Å². The Labute approximate surface area is 155 Å². The van der Waals surface area contributed by atoms with E-state index in [1.165, 1.54) is 19.1 Å². The summed E-state index contributed by atoms with van der Waals surface area (Å²) in [7, 11) is 0. The van der Waals surface area contributed by atoms with Crippen LogP contribution in [0.4, 0.5) is 11.4 Å². The van der Waals surface area contributed by atoms with E-state index >= 15 is 0 Å². The highest BCUT2D eigenvalue weighted by Crippen LogP contribution is 2.23. The standard InChI is InChI=1S/C18H17ClN2O5/c1-3-12-4-6-13(7-5-12)20-17(22)11(2)26-18(23)15-10-14(21(24)25)8-9-16(15)19/h4-11H,3H2,1-2H3,(H,20,22)/t11-/m1/s1. The van der Waals surface area contributed by atoms with E-state index in [2.05, 4.69) is 5.32 Å². The summed E-state index contributed by atoms with van der Waals surface area (Å²) in [6, 6.07) is 10.7. The number of ether oxygens (including phenoxy) is 1. The van der Waals surface area contributed by atoms with Crippen molar-refractivity contribution in [3.8, 4) is 0 Å². The van der Waals surface area contributed by atoms with Gasteiger partial charge in [0.15, 0.2) is 6.10 Å². The minimum absolute atomic E-state index is 0.00311. The third-order valence-electron chi connectivity index (χ3n) is 3.66. The van der Waals surface area contributed by atoms with Crippen molar-refractivity contribution in [2.45, 2.75) is 26.4 Å². The smallest absolute Gasteiger partial charge is 0.340 e. The third-order valence-corrected chi connectivity index (χ3v) is 3.99. The lowest BCUT2D eigenvalue weighted by atomic mass is 10.1. The predicted molar refractivity (Wildman–Crippen MR) is 97.4 cm³/mol. The number of non-ortho nitro benzene ring substituents is 1. The molecule has 0 saturated carbocycles. The first-order valence-electron chi connectivity index (χ1n) is 7.86. The lowest BCUT2D eigenvalue weighted by Crippen LogP contribution is -2.30. The lowest BCUT2D eigenvalue weighted by Gasteiger charge is -2.14. The van der Waals surface area contributed by atoms with Crippen molar-refractivity contribution in [2.75, 3.05) is 5.32 Å². The number of hydrogen-bond acceptors (Lipinski definition) is 5. The molecule has 1 amide bonds. The number of amides is 1. The molecule has 2 rings (SSSR count). The van der Waals surface area contributed by atoms with Gasteiger partial charge in [0, 0.05) is 17.8 Å². The summed E-state index contributed by atoms with van der Waals surface area (Å²) in [6.45, 7) is 3.42. The van der Waals surface area contributed by atoms with Crippen molar-refractivity contribution in [1.82, 2.24) is 0 Å². The maximum Gasteiger partial charge on any atom is 0.340 e. The number of nitro groups is 1. The molecule has 8 heteroatoms. The molecular formula is C18H17ClN2O5. The molecule has 0 aliphatic rings. The predicted octanol–water partition coefficient (Wildman–Crippen LogP) is 3.99. The number of hydrogen-bond donors (Lipinski definition) is 1. The second-order valence-corrected chi connectivity index (χ2v) is 5.92. The molecule has 0 spiro atoms. The Hall–Kier alpha value is -2.93. The lowest BCUT2D eigenvalue weighted by molar-refractivity contribution is -0.384. The first-order chi connectivity index (χ1) is 12.3. The van der Waals surface area contributed by atoms with Gasteiger partial charge in [-0.3, -0.25) is 14.9 Å². The maximum atomic E-state index is 12.2. The second kappa shape index (κ2) is 8.44. The van der Waals surface area contributed by atoms with E-state index in [0.29, 0.717) is 5.69 Å². The monoisotopic (exact) mass is 376 g/mol. The molecule has 2 aromatic carbocycles. The van der Waals surface area contributed by atoms with Gasteiger partial charge in [-0.15, -0.1) is 0 Å². The Balaban J connectivity index is 2.04. The number of esters is 1. The second-order valence-electron chi connectivity index (χ2n) is 5.51. The van der Waals surface area contributed by atoms with Gasteiger partial charge < -0.3 is 10.1 Å². The number of nitro benzene ring substituents is 1. The summed E-state index contributed by atoms with van der Waals surface area (Å²) in [5.74, 6) is -1.44. The van der Waals surface area contributed by atoms with Gasteiger partial charge in [-0.05, 0) is 37.1 Å². The van der Waals surface area contributed by atoms with Crippen molar-refractivity contribution in [3.05, 3.63) is 68.7 Å². The Morgan fingerprint density at radius 1 is 1.23 bits per heavy atom. The van der Waals surface area contributed by atoms with Crippen LogP contribution in [0.1, 0.15) is 29.8 Å². The number of benzene rings is 2. The molecule has 0 aliphatic carbocycles. The van der Waals surface area contributed by atoms with Crippen LogP contribution in [0.2, 0.25) is 5.02 Å². The number of nitrogens with zero attached hydrogens (tertiary/aromatic N) is 1. The fourth-order valence-corrected chi connectivity index (χ4v) is 2.32. The van der Waals surface area contributed by atoms with Gasteiger partial charge in [-0.2, -0.15) is 0 Å². The van der Waals surface area contributed by atoms with E-state index in [1.54, 1.807) is 12.1 Å². The Morgan fingerprint density at radius 3 is 2.46 bits per heavy atom. The number of anilines is 1. The average molecular weight is 377 g/mol. The van der Waals surface area contributed by atoms with Crippen LogP contribution in [0, 0.1) is 10.1 Å². The topological polar surface area (TPSA) is 98.5 Å². The Morgan fingerprint density at radius 2 is 1.88 bits per heavy atom. The molecule has 0 bridgehead atoms. The summed E-state index contributed by atoms with van der Waals surface area (Å²) in [5.41, 5.74) is 1.23. The molecule has 0 aromatic heterocycles. The highest BCUT2D eigenvalue weighted by Gasteiger charge is 2.22. The zero-order valence-electron chi connectivity index (χ0n) is 14.2. The van der Waals surface area contributed by atoms with E-state index in [0.717, 1.165) is 18.1 Å². The molecule has 26 heavy (non-hydrogen) atoms. The third kappa shape index (κ3) is 4.80. The summed E-state index contributed by atoms with van der Waals surface area (Å²) in [4.78, 5) is 34.5. The Bertz CT molecular complexity index is 836. The molecule has 1 atom stereocenters. The molecule has 0 unspecified atom stereocenters. The summed E-state index contributed by atoms with van der Waals surface area (Å²) < 4.78 is 5.07. The van der Waals surface area contributed by atoms with Crippen LogP contribution >= 0.6 is 11.6 Å². The first kappa shape index (κ1) is 19.4. The number of carbonyl (C=O) groups excluding carboxylic acids is 2. The summed E-state index contributed by atoms with van der Waals surface area (Å²) in [5, 5.41) is 13.5. The number of carbonyl (C=O) groups is 2. The van der Waals surface area contributed by atoms with Gasteiger partial charge in [-0.25, -0.2) is 4.79 Å².